The molecule has 0 aliphatic carbocycles. The van der Waals surface area contributed by atoms with Crippen molar-refractivity contribution >= 4 is 12.6 Å². The Morgan fingerprint density at radius 2 is 1.64 bits per heavy atom. The SMILES string of the molecule is CC[C@@H]1O[C@@H](O[C@@H]2[C@H](O)[C@@H](OC)O[C@H](CO)[C@H]2O)[C@@H](S)[C@@H]1O. The molecule has 9 atom stereocenters. The molecule has 0 unspecified atom stereocenters. The molecule has 22 heavy (non-hydrogen) atoms. The molecule has 4 N–H and O–H groups in total. The molecule has 0 saturated carbocycles. The third-order valence-corrected chi connectivity index (χ3v) is 4.62. The van der Waals surface area contributed by atoms with Crippen molar-refractivity contribution in [2.24, 2.45) is 0 Å². The van der Waals surface area contributed by atoms with Crippen molar-refractivity contribution in [2.45, 2.75) is 67.8 Å². The molecule has 2 saturated heterocycles. The van der Waals surface area contributed by atoms with Crippen LogP contribution in [0, 0.1) is 0 Å². The fourth-order valence-electron chi connectivity index (χ4n) is 2.73. The standard InChI is InChI=1S/C13H24O8S/c1-3-5-8(16)11(22)13(19-5)21-10-7(15)6(4-14)20-12(18-2)9(10)17/h5-17,22H,3-4H2,1-2H3/t5-,6+,7+,8+,9-,10-,11-,12-,13-/m0/s1. The summed E-state index contributed by atoms with van der Waals surface area (Å²) < 4.78 is 21.4. The highest BCUT2D eigenvalue weighted by Gasteiger charge is 2.49. The molecule has 0 aromatic heterocycles. The van der Waals surface area contributed by atoms with Gasteiger partial charge in [0.1, 0.15) is 24.4 Å². The van der Waals surface area contributed by atoms with E-state index in [9.17, 15) is 20.4 Å². The fourth-order valence-corrected chi connectivity index (χ4v) is 3.06. The second-order valence-electron chi connectivity index (χ2n) is 5.48. The summed E-state index contributed by atoms with van der Waals surface area (Å²) in [5.41, 5.74) is 0. The molecule has 0 radical (unpaired) electrons. The molecule has 9 heteroatoms. The number of methoxy groups -OCH3 is 1. The first-order chi connectivity index (χ1) is 10.4. The number of aliphatic hydroxyl groups excluding tert-OH is 4. The average molecular weight is 340 g/mol. The summed E-state index contributed by atoms with van der Waals surface area (Å²) in [4.78, 5) is 0. The van der Waals surface area contributed by atoms with Gasteiger partial charge in [0.2, 0.25) is 0 Å². The zero-order valence-corrected chi connectivity index (χ0v) is 13.4. The number of aliphatic hydroxyl groups is 4. The number of thiol groups is 1. The van der Waals surface area contributed by atoms with Gasteiger partial charge in [0.05, 0.1) is 24.1 Å². The van der Waals surface area contributed by atoms with Crippen LogP contribution in [0.4, 0.5) is 0 Å². The summed E-state index contributed by atoms with van der Waals surface area (Å²) >= 11 is 4.27. The molecule has 2 aliphatic rings. The van der Waals surface area contributed by atoms with E-state index in [-0.39, 0.29) is 0 Å². The molecule has 130 valence electrons. The first-order valence-corrected chi connectivity index (χ1v) is 7.78. The van der Waals surface area contributed by atoms with Gasteiger partial charge in [0.15, 0.2) is 12.6 Å². The zero-order chi connectivity index (χ0) is 16.4. The normalized spacial score (nSPS) is 49.5. The van der Waals surface area contributed by atoms with Crippen molar-refractivity contribution in [1.82, 2.24) is 0 Å². The van der Waals surface area contributed by atoms with Gasteiger partial charge in [-0.25, -0.2) is 0 Å². The first kappa shape index (κ1) is 18.4. The van der Waals surface area contributed by atoms with Crippen molar-refractivity contribution in [2.75, 3.05) is 13.7 Å². The Morgan fingerprint density at radius 3 is 2.14 bits per heavy atom. The van der Waals surface area contributed by atoms with Gasteiger partial charge < -0.3 is 39.4 Å². The van der Waals surface area contributed by atoms with E-state index in [4.69, 9.17) is 18.9 Å². The van der Waals surface area contributed by atoms with Crippen LogP contribution in [0.1, 0.15) is 13.3 Å². The molecule has 0 aromatic carbocycles. The van der Waals surface area contributed by atoms with Crippen molar-refractivity contribution in [3.8, 4) is 0 Å². The molecule has 8 nitrogen and oxygen atoms in total. The van der Waals surface area contributed by atoms with Gasteiger partial charge in [-0.3, -0.25) is 0 Å². The smallest absolute Gasteiger partial charge is 0.186 e. The van der Waals surface area contributed by atoms with E-state index in [2.05, 4.69) is 12.6 Å². The van der Waals surface area contributed by atoms with Crippen molar-refractivity contribution in [3.63, 3.8) is 0 Å². The summed E-state index contributed by atoms with van der Waals surface area (Å²) in [5, 5.41) is 39.0. The average Bonchev–Trinajstić information content (AvgIpc) is 2.79. The van der Waals surface area contributed by atoms with E-state index in [0.29, 0.717) is 6.42 Å². The third kappa shape index (κ3) is 3.42. The van der Waals surface area contributed by atoms with E-state index in [0.717, 1.165) is 0 Å². The molecule has 2 heterocycles. The zero-order valence-electron chi connectivity index (χ0n) is 12.5. The second-order valence-corrected chi connectivity index (χ2v) is 6.07. The van der Waals surface area contributed by atoms with Gasteiger partial charge in [-0.05, 0) is 6.42 Å². The highest BCUT2D eigenvalue weighted by atomic mass is 32.1. The van der Waals surface area contributed by atoms with Gasteiger partial charge in [0, 0.05) is 7.11 Å². The lowest BCUT2D eigenvalue weighted by atomic mass is 9.99. The predicted octanol–water partition coefficient (Wildman–Crippen LogP) is -1.75. The quantitative estimate of drug-likeness (QED) is 0.374. The monoisotopic (exact) mass is 340 g/mol. The number of rotatable bonds is 5. The molecule has 0 spiro atoms. The fraction of sp³-hybridized carbons (Fsp3) is 1.00. The van der Waals surface area contributed by atoms with Crippen LogP contribution in [0.25, 0.3) is 0 Å². The Morgan fingerprint density at radius 1 is 1.00 bits per heavy atom. The Hall–Kier alpha value is 0.0300. The molecule has 2 aliphatic heterocycles. The lowest BCUT2D eigenvalue weighted by Crippen LogP contribution is -2.61. The third-order valence-electron chi connectivity index (χ3n) is 4.07. The van der Waals surface area contributed by atoms with Crippen LogP contribution in [0.2, 0.25) is 0 Å². The van der Waals surface area contributed by atoms with Crippen LogP contribution in [0.5, 0.6) is 0 Å². The van der Waals surface area contributed by atoms with E-state index >= 15 is 0 Å². The largest absolute Gasteiger partial charge is 0.394 e. The Bertz CT molecular complexity index is 343. The van der Waals surface area contributed by atoms with Crippen LogP contribution in [0.15, 0.2) is 0 Å². The van der Waals surface area contributed by atoms with E-state index in [1.165, 1.54) is 7.11 Å². The Labute approximate surface area is 134 Å². The maximum absolute atomic E-state index is 10.2. The molecule has 2 rings (SSSR count). The van der Waals surface area contributed by atoms with Crippen LogP contribution in [-0.2, 0) is 18.9 Å². The minimum absolute atomic E-state index is 0.423. The summed E-state index contributed by atoms with van der Waals surface area (Å²) in [6.07, 6.45) is -7.18. The van der Waals surface area contributed by atoms with Gasteiger partial charge in [-0.15, -0.1) is 0 Å². The molecule has 0 amide bonds. The first-order valence-electron chi connectivity index (χ1n) is 7.26. The van der Waals surface area contributed by atoms with Crippen LogP contribution in [0.3, 0.4) is 0 Å². The number of hydrogen-bond acceptors (Lipinski definition) is 9. The number of ether oxygens (including phenoxy) is 4. The Balaban J connectivity index is 2.08. The van der Waals surface area contributed by atoms with Crippen LogP contribution >= 0.6 is 12.6 Å². The molecule has 2 fully saturated rings. The van der Waals surface area contributed by atoms with E-state index in [1.807, 2.05) is 6.92 Å². The summed E-state index contributed by atoms with van der Waals surface area (Å²) in [7, 11) is 1.33. The molecule has 0 aromatic rings. The van der Waals surface area contributed by atoms with Gasteiger partial charge >= 0.3 is 0 Å². The molecular weight excluding hydrogens is 316 g/mol. The van der Waals surface area contributed by atoms with Crippen molar-refractivity contribution < 1.29 is 39.4 Å². The van der Waals surface area contributed by atoms with Crippen LogP contribution in [-0.4, -0.2) is 88.6 Å². The maximum Gasteiger partial charge on any atom is 0.186 e. The van der Waals surface area contributed by atoms with E-state index in [1.54, 1.807) is 0 Å². The molecule has 0 bridgehead atoms. The maximum atomic E-state index is 10.2. The second kappa shape index (κ2) is 7.73. The minimum atomic E-state index is -1.27. The molecular formula is C13H24O8S. The lowest BCUT2D eigenvalue weighted by Gasteiger charge is -2.42. The van der Waals surface area contributed by atoms with Crippen molar-refractivity contribution in [3.05, 3.63) is 0 Å². The van der Waals surface area contributed by atoms with Crippen LogP contribution < -0.4 is 0 Å². The summed E-state index contributed by atoms with van der Waals surface area (Å²) in [6, 6.07) is 0. The highest BCUT2D eigenvalue weighted by molar-refractivity contribution is 7.81. The van der Waals surface area contributed by atoms with Crippen molar-refractivity contribution in [1.29, 1.82) is 0 Å². The van der Waals surface area contributed by atoms with Gasteiger partial charge in [-0.2, -0.15) is 12.6 Å². The minimum Gasteiger partial charge on any atom is -0.394 e. The summed E-state index contributed by atoms with van der Waals surface area (Å²) in [6.45, 7) is 1.40. The van der Waals surface area contributed by atoms with Gasteiger partial charge in [-0.1, -0.05) is 6.92 Å². The topological polar surface area (TPSA) is 118 Å². The predicted molar refractivity (Wildman–Crippen MR) is 77.4 cm³/mol. The van der Waals surface area contributed by atoms with Gasteiger partial charge in [0.25, 0.3) is 0 Å². The highest BCUT2D eigenvalue weighted by Crippen LogP contribution is 2.32. The summed E-state index contributed by atoms with van der Waals surface area (Å²) in [5.74, 6) is 0. The van der Waals surface area contributed by atoms with E-state index < -0.39 is 61.1 Å². The lowest BCUT2D eigenvalue weighted by molar-refractivity contribution is -0.320. The Kier molecular flexibility index (Phi) is 6.46. The number of hydrogen-bond donors (Lipinski definition) is 5.